The van der Waals surface area contributed by atoms with E-state index in [0.29, 0.717) is 25.7 Å². The zero-order valence-electron chi connectivity index (χ0n) is 28.3. The zero-order valence-corrected chi connectivity index (χ0v) is 28.3. The number of carboxylic acid groups (broad SMARTS) is 1. The largest absolute Gasteiger partial charge is 0.481 e. The Labute approximate surface area is 273 Å². The third-order valence-corrected chi connectivity index (χ3v) is 15.4. The Hall–Kier alpha value is -1.11. The van der Waals surface area contributed by atoms with Crippen molar-refractivity contribution in [3.8, 4) is 0 Å². The summed E-state index contributed by atoms with van der Waals surface area (Å²) < 4.78 is 12.2. The van der Waals surface area contributed by atoms with Crippen molar-refractivity contribution in [2.45, 2.75) is 136 Å². The summed E-state index contributed by atoms with van der Waals surface area (Å²) in [5.41, 5.74) is -1.09. The van der Waals surface area contributed by atoms with Crippen LogP contribution >= 0.6 is 0 Å². The van der Waals surface area contributed by atoms with Gasteiger partial charge in [0.05, 0.1) is 24.7 Å². The third kappa shape index (κ3) is 4.60. The van der Waals surface area contributed by atoms with Crippen LogP contribution in [0.3, 0.4) is 0 Å². The Morgan fingerprint density at radius 1 is 0.870 bits per heavy atom. The van der Waals surface area contributed by atoms with Crippen molar-refractivity contribution in [1.82, 2.24) is 0 Å². The van der Waals surface area contributed by atoms with E-state index in [2.05, 4.69) is 33.8 Å². The van der Waals surface area contributed by atoms with Crippen molar-refractivity contribution in [3.63, 3.8) is 0 Å². The summed E-state index contributed by atoms with van der Waals surface area (Å²) in [4.78, 5) is 12.4. The number of carboxylic acids is 1. The van der Waals surface area contributed by atoms with Crippen molar-refractivity contribution in [1.29, 1.82) is 0 Å². The van der Waals surface area contributed by atoms with Gasteiger partial charge in [-0.25, -0.2) is 0 Å². The lowest BCUT2D eigenvalue weighted by Gasteiger charge is -2.71. The van der Waals surface area contributed by atoms with Crippen LogP contribution in [0.4, 0.5) is 0 Å². The maximum atomic E-state index is 12.4. The fourth-order valence-corrected chi connectivity index (χ4v) is 12.4. The molecule has 5 aliphatic carbocycles. The van der Waals surface area contributed by atoms with Crippen LogP contribution in [0.1, 0.15) is 98.8 Å². The fraction of sp³-hybridized carbons (Fsp3) is 0.917. The molecule has 0 bridgehead atoms. The molecule has 1 aliphatic heterocycles. The van der Waals surface area contributed by atoms with E-state index in [4.69, 9.17) is 9.47 Å². The minimum absolute atomic E-state index is 0.0145. The molecular weight excluding hydrogens is 592 g/mol. The molecule has 0 spiro atoms. The first kappa shape index (κ1) is 34.7. The van der Waals surface area contributed by atoms with E-state index in [0.717, 1.165) is 38.5 Å². The summed E-state index contributed by atoms with van der Waals surface area (Å²) in [5.74, 6) is -0.316. The number of aliphatic hydroxyl groups excluding tert-OH is 6. The van der Waals surface area contributed by atoms with Crippen molar-refractivity contribution in [3.05, 3.63) is 11.6 Å². The second-order valence-electron chi connectivity index (χ2n) is 17.5. The monoisotopic (exact) mass is 650 g/mol. The Bertz CT molecular complexity index is 1220. The second-order valence-corrected chi connectivity index (χ2v) is 17.5. The maximum Gasteiger partial charge on any atom is 0.309 e. The second kappa shape index (κ2) is 11.5. The minimum Gasteiger partial charge on any atom is -0.481 e. The lowest BCUT2D eigenvalue weighted by Crippen LogP contribution is -2.67. The molecule has 14 atom stereocenters. The number of aliphatic carboxylic acids is 1. The van der Waals surface area contributed by atoms with E-state index in [1.807, 2.05) is 6.92 Å². The number of hydrogen-bond acceptors (Lipinski definition) is 9. The van der Waals surface area contributed by atoms with Crippen LogP contribution in [0.5, 0.6) is 0 Å². The molecule has 46 heavy (non-hydrogen) atoms. The number of fused-ring (bicyclic) bond motifs is 7. The van der Waals surface area contributed by atoms with Gasteiger partial charge in [0.2, 0.25) is 0 Å². The van der Waals surface area contributed by atoms with Gasteiger partial charge in [-0.1, -0.05) is 39.3 Å². The normalized spacial score (nSPS) is 53.2. The molecular formula is C36H58O10. The number of aliphatic hydroxyl groups is 6. The van der Waals surface area contributed by atoms with Crippen LogP contribution in [-0.2, 0) is 14.3 Å². The highest BCUT2D eigenvalue weighted by Crippen LogP contribution is 2.75. The Morgan fingerprint density at radius 2 is 1.57 bits per heavy atom. The van der Waals surface area contributed by atoms with Crippen molar-refractivity contribution >= 4 is 5.97 Å². The number of hydrogen-bond donors (Lipinski definition) is 7. The molecule has 262 valence electrons. The summed E-state index contributed by atoms with van der Waals surface area (Å²) in [6.07, 6.45) is 3.05. The predicted molar refractivity (Wildman–Crippen MR) is 168 cm³/mol. The molecule has 1 heterocycles. The molecule has 6 rings (SSSR count). The molecule has 10 heteroatoms. The average Bonchev–Trinajstić information content (AvgIpc) is 3.02. The van der Waals surface area contributed by atoms with Gasteiger partial charge in [-0.2, -0.15) is 0 Å². The summed E-state index contributed by atoms with van der Waals surface area (Å²) in [6, 6.07) is 0. The number of ether oxygens (including phenoxy) is 2. The van der Waals surface area contributed by atoms with Crippen molar-refractivity contribution in [2.24, 2.45) is 50.2 Å². The van der Waals surface area contributed by atoms with Crippen LogP contribution < -0.4 is 0 Å². The molecule has 7 N–H and O–H groups in total. The van der Waals surface area contributed by atoms with Crippen molar-refractivity contribution < 1.29 is 50.0 Å². The minimum atomic E-state index is -1.49. The van der Waals surface area contributed by atoms with Gasteiger partial charge < -0.3 is 45.2 Å². The molecule has 6 aliphatic rings. The number of carbonyl (C=O) groups is 1. The van der Waals surface area contributed by atoms with Gasteiger partial charge in [0.1, 0.15) is 24.4 Å². The van der Waals surface area contributed by atoms with Gasteiger partial charge in [-0.15, -0.1) is 0 Å². The van der Waals surface area contributed by atoms with Gasteiger partial charge in [-0.3, -0.25) is 4.79 Å². The predicted octanol–water partition coefficient (Wildman–Crippen LogP) is 3.00. The van der Waals surface area contributed by atoms with Crippen LogP contribution in [0.15, 0.2) is 11.6 Å². The van der Waals surface area contributed by atoms with Crippen molar-refractivity contribution in [2.75, 3.05) is 19.8 Å². The van der Waals surface area contributed by atoms with Crippen LogP contribution in [-0.4, -0.2) is 98.3 Å². The molecule has 4 saturated carbocycles. The Kier molecular flexibility index (Phi) is 8.66. The number of rotatable bonds is 6. The maximum absolute atomic E-state index is 12.4. The molecule has 0 aromatic heterocycles. The van der Waals surface area contributed by atoms with E-state index in [9.17, 15) is 40.5 Å². The SMILES string of the molecule is CC1(C)[C@@H](O[C@@H]2O[C@H](CO)[C@@H](O)[C@H](O)[C@H]2O)CC[C@]2(C)[C@H]3CC=C4[C@@H]5C[C@](C)(C(=O)O)CC[C@]5(CO)CC[C@@]4(CO)[C@]3(C)CC[C@@H]12. The van der Waals surface area contributed by atoms with E-state index in [1.54, 1.807) is 0 Å². The van der Waals surface area contributed by atoms with E-state index >= 15 is 0 Å². The first-order valence-corrected chi connectivity index (χ1v) is 17.6. The molecule has 10 nitrogen and oxygen atoms in total. The summed E-state index contributed by atoms with van der Waals surface area (Å²) in [7, 11) is 0. The number of allylic oxidation sites excluding steroid dienone is 1. The van der Waals surface area contributed by atoms with E-state index in [-0.39, 0.29) is 58.7 Å². The van der Waals surface area contributed by atoms with Gasteiger partial charge in [0.25, 0.3) is 0 Å². The molecule has 0 aromatic rings. The highest BCUT2D eigenvalue weighted by molar-refractivity contribution is 5.74. The van der Waals surface area contributed by atoms with Crippen LogP contribution in [0.2, 0.25) is 0 Å². The third-order valence-electron chi connectivity index (χ3n) is 15.4. The molecule has 0 radical (unpaired) electrons. The average molecular weight is 651 g/mol. The van der Waals surface area contributed by atoms with Crippen LogP contribution in [0.25, 0.3) is 0 Å². The standard InChI is InChI=1S/C36H58O10/c1-31(2)23-8-11-34(5)24(33(23,4)10-9-25(31)46-29-28(42)27(41)26(40)22(17-37)45-29)7-6-20-21-16-32(3,30(43)44)12-13-35(21,18-38)14-15-36(20,34)19-39/h6,21-29,37-42H,7-19H2,1-5H3,(H,43,44)/t21-,22+,23-,24+,25-,26+,27-,28+,29-,32+,33-,34+,35+,36-/m0/s1. The summed E-state index contributed by atoms with van der Waals surface area (Å²) in [5, 5.41) is 73.5. The lowest BCUT2D eigenvalue weighted by atomic mass is 9.33. The summed E-state index contributed by atoms with van der Waals surface area (Å²) in [6.45, 7) is 10.6. The summed E-state index contributed by atoms with van der Waals surface area (Å²) >= 11 is 0. The lowest BCUT2D eigenvalue weighted by molar-refractivity contribution is -0.330. The van der Waals surface area contributed by atoms with Gasteiger partial charge >= 0.3 is 5.97 Å². The molecule has 0 unspecified atom stereocenters. The smallest absolute Gasteiger partial charge is 0.309 e. The van der Waals surface area contributed by atoms with Gasteiger partial charge in [0.15, 0.2) is 6.29 Å². The molecule has 0 aromatic carbocycles. The molecule has 5 fully saturated rings. The first-order chi connectivity index (χ1) is 21.5. The highest BCUT2D eigenvalue weighted by atomic mass is 16.7. The fourth-order valence-electron chi connectivity index (χ4n) is 12.4. The van der Waals surface area contributed by atoms with Crippen LogP contribution in [0, 0.1) is 50.2 Å². The quantitative estimate of drug-likeness (QED) is 0.167. The highest BCUT2D eigenvalue weighted by Gasteiger charge is 2.70. The topological polar surface area (TPSA) is 177 Å². The Balaban J connectivity index is 1.31. The zero-order chi connectivity index (χ0) is 33.7. The molecule has 1 saturated heterocycles. The van der Waals surface area contributed by atoms with E-state index in [1.165, 1.54) is 5.57 Å². The van der Waals surface area contributed by atoms with Gasteiger partial charge in [-0.05, 0) is 105 Å². The van der Waals surface area contributed by atoms with E-state index < -0.39 is 54.1 Å². The Morgan fingerprint density at radius 3 is 2.20 bits per heavy atom. The van der Waals surface area contributed by atoms with Gasteiger partial charge in [0, 0.05) is 17.4 Å². The molecule has 0 amide bonds. The first-order valence-electron chi connectivity index (χ1n) is 17.6.